The number of methoxy groups -OCH3 is 1. The van der Waals surface area contributed by atoms with Gasteiger partial charge in [0.15, 0.2) is 0 Å². The summed E-state index contributed by atoms with van der Waals surface area (Å²) in [4.78, 5) is 12.5. The molecule has 0 spiro atoms. The molecule has 0 aliphatic carbocycles. The van der Waals surface area contributed by atoms with Gasteiger partial charge in [0.25, 0.3) is 0 Å². The van der Waals surface area contributed by atoms with E-state index in [2.05, 4.69) is 35.2 Å². The number of esters is 1. The number of rotatable bonds is 1. The summed E-state index contributed by atoms with van der Waals surface area (Å²) in [6, 6.07) is 0. The quantitative estimate of drug-likeness (QED) is 0.484. The molecule has 1 aromatic carbocycles. The van der Waals surface area contributed by atoms with Gasteiger partial charge in [-0.15, -0.1) is 12.6 Å². The Bertz CT molecular complexity index is 398. The van der Waals surface area contributed by atoms with Crippen LogP contribution < -0.4 is 0 Å². The maximum Gasteiger partial charge on any atom is 0.338 e. The molecule has 1 aromatic rings. The van der Waals surface area contributed by atoms with Crippen LogP contribution in [0.4, 0.5) is 0 Å². The van der Waals surface area contributed by atoms with E-state index >= 15 is 0 Å². The number of halogens is 1. The largest absolute Gasteiger partial charge is 0.465 e. The van der Waals surface area contributed by atoms with Crippen molar-refractivity contribution in [2.24, 2.45) is 0 Å². The van der Waals surface area contributed by atoms with Crippen LogP contribution in [0.5, 0.6) is 0 Å². The zero-order chi connectivity index (χ0) is 11.7. The highest BCUT2D eigenvalue weighted by atomic mass is 127. The van der Waals surface area contributed by atoms with E-state index in [0.717, 1.165) is 25.2 Å². The van der Waals surface area contributed by atoms with Crippen LogP contribution in [0.1, 0.15) is 27.0 Å². The second-order valence-electron chi connectivity index (χ2n) is 3.40. The Kier molecular flexibility index (Phi) is 4.06. The van der Waals surface area contributed by atoms with Crippen LogP contribution >= 0.6 is 35.2 Å². The Morgan fingerprint density at radius 2 is 1.73 bits per heavy atom. The summed E-state index contributed by atoms with van der Waals surface area (Å²) in [7, 11) is 1.39. The number of carbonyl (C=O) groups is 1. The standard InChI is InChI=1S/C11H13IO2S/c1-5-8(11(13)14-4)6(2)10(15)7(3)9(5)12/h15H,1-4H3. The van der Waals surface area contributed by atoms with Crippen molar-refractivity contribution in [2.75, 3.05) is 7.11 Å². The first kappa shape index (κ1) is 12.8. The molecular formula is C11H13IO2S. The van der Waals surface area contributed by atoms with Gasteiger partial charge in [0, 0.05) is 8.47 Å². The van der Waals surface area contributed by atoms with Crippen molar-refractivity contribution in [1.29, 1.82) is 0 Å². The first-order chi connectivity index (χ1) is 6.91. The molecule has 0 aliphatic rings. The predicted molar refractivity (Wildman–Crippen MR) is 72.0 cm³/mol. The number of thiol groups is 1. The van der Waals surface area contributed by atoms with Gasteiger partial charge in [0.05, 0.1) is 12.7 Å². The van der Waals surface area contributed by atoms with Crippen molar-refractivity contribution in [3.63, 3.8) is 0 Å². The van der Waals surface area contributed by atoms with E-state index in [0.29, 0.717) is 5.56 Å². The van der Waals surface area contributed by atoms with Crippen LogP contribution in [-0.2, 0) is 4.74 Å². The van der Waals surface area contributed by atoms with Gasteiger partial charge in [-0.05, 0) is 60.1 Å². The lowest BCUT2D eigenvalue weighted by Gasteiger charge is -2.15. The molecule has 0 atom stereocenters. The maximum absolute atomic E-state index is 11.6. The molecule has 4 heteroatoms. The molecule has 0 N–H and O–H groups in total. The smallest absolute Gasteiger partial charge is 0.338 e. The van der Waals surface area contributed by atoms with E-state index in [9.17, 15) is 4.79 Å². The van der Waals surface area contributed by atoms with E-state index < -0.39 is 0 Å². The second kappa shape index (κ2) is 4.74. The normalized spacial score (nSPS) is 10.3. The van der Waals surface area contributed by atoms with Crippen molar-refractivity contribution < 1.29 is 9.53 Å². The number of carbonyl (C=O) groups excluding carboxylic acids is 1. The Morgan fingerprint density at radius 3 is 2.20 bits per heavy atom. The Hall–Kier alpha value is -0.230. The van der Waals surface area contributed by atoms with Gasteiger partial charge >= 0.3 is 5.97 Å². The average Bonchev–Trinajstić information content (AvgIpc) is 2.23. The molecule has 0 amide bonds. The van der Waals surface area contributed by atoms with E-state index in [4.69, 9.17) is 4.74 Å². The Labute approximate surface area is 109 Å². The van der Waals surface area contributed by atoms with E-state index in [1.165, 1.54) is 7.11 Å². The van der Waals surface area contributed by atoms with Gasteiger partial charge in [0.1, 0.15) is 0 Å². The van der Waals surface area contributed by atoms with E-state index in [1.54, 1.807) is 0 Å². The minimum atomic E-state index is -0.293. The van der Waals surface area contributed by atoms with Gasteiger partial charge < -0.3 is 4.74 Å². The van der Waals surface area contributed by atoms with Crippen LogP contribution in [0, 0.1) is 24.3 Å². The molecular weight excluding hydrogens is 323 g/mol. The summed E-state index contributed by atoms with van der Waals surface area (Å²) >= 11 is 6.65. The summed E-state index contributed by atoms with van der Waals surface area (Å²) < 4.78 is 5.84. The molecule has 0 aliphatic heterocycles. The third-order valence-corrected chi connectivity index (χ3v) is 4.80. The summed E-state index contributed by atoms with van der Waals surface area (Å²) in [6.07, 6.45) is 0. The molecule has 0 aromatic heterocycles. The fraction of sp³-hybridized carbons (Fsp3) is 0.364. The van der Waals surface area contributed by atoms with Crippen LogP contribution in [0.25, 0.3) is 0 Å². The van der Waals surface area contributed by atoms with Crippen molar-refractivity contribution in [2.45, 2.75) is 25.7 Å². The minimum absolute atomic E-state index is 0.293. The molecule has 82 valence electrons. The number of ether oxygens (including phenoxy) is 1. The van der Waals surface area contributed by atoms with Crippen molar-refractivity contribution in [3.05, 3.63) is 25.8 Å². The van der Waals surface area contributed by atoms with Gasteiger partial charge in [-0.3, -0.25) is 0 Å². The van der Waals surface area contributed by atoms with Gasteiger partial charge in [-0.2, -0.15) is 0 Å². The van der Waals surface area contributed by atoms with Crippen molar-refractivity contribution in [1.82, 2.24) is 0 Å². The molecule has 0 radical (unpaired) electrons. The number of hydrogen-bond acceptors (Lipinski definition) is 3. The molecule has 0 saturated heterocycles. The molecule has 0 fully saturated rings. The predicted octanol–water partition coefficient (Wildman–Crippen LogP) is 3.29. The van der Waals surface area contributed by atoms with Gasteiger partial charge in [0.2, 0.25) is 0 Å². The zero-order valence-corrected chi connectivity index (χ0v) is 12.2. The van der Waals surface area contributed by atoms with Crippen LogP contribution in [-0.4, -0.2) is 13.1 Å². The molecule has 1 rings (SSSR count). The van der Waals surface area contributed by atoms with Gasteiger partial charge in [-0.25, -0.2) is 4.79 Å². The third kappa shape index (κ3) is 2.15. The average molecular weight is 336 g/mol. The monoisotopic (exact) mass is 336 g/mol. The first-order valence-electron chi connectivity index (χ1n) is 4.48. The zero-order valence-electron chi connectivity index (χ0n) is 9.14. The summed E-state index contributed by atoms with van der Waals surface area (Å²) in [5.41, 5.74) is 3.61. The third-order valence-electron chi connectivity index (χ3n) is 2.51. The maximum atomic E-state index is 11.6. The molecule has 0 bridgehead atoms. The lowest BCUT2D eigenvalue weighted by Crippen LogP contribution is -2.09. The molecule has 2 nitrogen and oxygen atoms in total. The Morgan fingerprint density at radius 1 is 1.20 bits per heavy atom. The van der Waals surface area contributed by atoms with Crippen LogP contribution in [0.2, 0.25) is 0 Å². The fourth-order valence-electron chi connectivity index (χ4n) is 1.58. The van der Waals surface area contributed by atoms with E-state index in [1.807, 2.05) is 20.8 Å². The minimum Gasteiger partial charge on any atom is -0.465 e. The van der Waals surface area contributed by atoms with Gasteiger partial charge in [-0.1, -0.05) is 0 Å². The molecule has 0 saturated carbocycles. The summed E-state index contributed by atoms with van der Waals surface area (Å²) in [5, 5.41) is 0. The highest BCUT2D eigenvalue weighted by Crippen LogP contribution is 2.30. The molecule has 0 heterocycles. The van der Waals surface area contributed by atoms with Crippen molar-refractivity contribution in [3.8, 4) is 0 Å². The summed E-state index contributed by atoms with van der Waals surface area (Å²) in [5.74, 6) is -0.293. The highest BCUT2D eigenvalue weighted by molar-refractivity contribution is 14.1. The topological polar surface area (TPSA) is 26.3 Å². The molecule has 15 heavy (non-hydrogen) atoms. The SMILES string of the molecule is COC(=O)c1c(C)c(S)c(C)c(I)c1C. The lowest BCUT2D eigenvalue weighted by molar-refractivity contribution is 0.0598. The number of hydrogen-bond donors (Lipinski definition) is 1. The summed E-state index contributed by atoms with van der Waals surface area (Å²) in [6.45, 7) is 5.83. The van der Waals surface area contributed by atoms with Crippen LogP contribution in [0.3, 0.4) is 0 Å². The highest BCUT2D eigenvalue weighted by Gasteiger charge is 2.19. The molecule has 0 unspecified atom stereocenters. The van der Waals surface area contributed by atoms with Crippen LogP contribution in [0.15, 0.2) is 4.90 Å². The van der Waals surface area contributed by atoms with E-state index in [-0.39, 0.29) is 5.97 Å². The number of benzene rings is 1. The lowest BCUT2D eigenvalue weighted by atomic mass is 10.00. The first-order valence-corrected chi connectivity index (χ1v) is 6.01. The second-order valence-corrected chi connectivity index (χ2v) is 4.93. The Balaban J connectivity index is 3.60. The van der Waals surface area contributed by atoms with Crippen molar-refractivity contribution >= 4 is 41.2 Å². The fourth-order valence-corrected chi connectivity index (χ4v) is 2.56.